The van der Waals surface area contributed by atoms with E-state index < -0.39 is 47.1 Å². The summed E-state index contributed by atoms with van der Waals surface area (Å²) in [7, 11) is 3.43. The van der Waals surface area contributed by atoms with Crippen molar-refractivity contribution in [2.75, 3.05) is 52.0 Å². The molecule has 0 bridgehead atoms. The minimum atomic E-state index is -0.687. The molecule has 4 heterocycles. The second kappa shape index (κ2) is 29.7. The molecule has 4 aliphatic rings. The summed E-state index contributed by atoms with van der Waals surface area (Å²) in [5, 5.41) is 18.0. The molecule has 0 aliphatic carbocycles. The number of likely N-dealkylation sites (N-methyl/N-ethyl adjacent to an activating group) is 2. The van der Waals surface area contributed by atoms with E-state index in [1.807, 2.05) is 60.7 Å². The molecule has 76 heavy (non-hydrogen) atoms. The van der Waals surface area contributed by atoms with Crippen LogP contribution in [0.3, 0.4) is 0 Å². The van der Waals surface area contributed by atoms with Crippen LogP contribution in [0.2, 0.25) is 0 Å². The number of nitrogens with zero attached hydrogens (tertiary/aromatic N) is 2. The standard InChI is InChI=1S/C58H90N8O8S2/c1-39(59-7)51(67)61-43-29-33-75-47-35-57(3,4)49(65(47)55(43)71)53(69)63-45(41-25-19-17-20-26-41)37-73-31-23-15-13-11-9-10-12-14-16-24-32-74-38-46(42-27-21-18-22-28-42)64-54(70)50-58(5,6)36-48-66(50)56(72)44(30-34-76-48)62-52(68)40(2)60-8/h17-22,25-28,39-40,43-50,59-60H,9-16,23-24,29-38H2,1-8H3,(H,61,67)(H,62,68)(H,63,69)(H,64,70)/t39?,40?,43-,44-,45?,46?,47-,48-,49+,50+/m0/s1. The zero-order valence-corrected chi connectivity index (χ0v) is 48.3. The Morgan fingerprint density at radius 1 is 0.566 bits per heavy atom. The quantitative estimate of drug-likeness (QED) is 0.0457. The van der Waals surface area contributed by atoms with Crippen molar-refractivity contribution in [3.05, 3.63) is 71.8 Å². The first-order valence-electron chi connectivity index (χ1n) is 28.2. The third-order valence-electron chi connectivity index (χ3n) is 15.8. The highest BCUT2D eigenvalue weighted by Gasteiger charge is 2.56. The monoisotopic (exact) mass is 1090 g/mol. The number of nitrogens with one attached hydrogen (secondary N) is 6. The van der Waals surface area contributed by atoms with E-state index in [1.165, 1.54) is 25.7 Å². The number of benzene rings is 2. The maximum absolute atomic E-state index is 14.3. The highest BCUT2D eigenvalue weighted by atomic mass is 32.2. The lowest BCUT2D eigenvalue weighted by Gasteiger charge is -2.35. The average Bonchev–Trinajstić information content (AvgIpc) is 3.73. The number of rotatable bonds is 29. The van der Waals surface area contributed by atoms with E-state index in [0.717, 1.165) is 49.7 Å². The van der Waals surface area contributed by atoms with Crippen molar-refractivity contribution in [1.29, 1.82) is 0 Å². The Bertz CT molecular complexity index is 2040. The van der Waals surface area contributed by atoms with Gasteiger partial charge in [0.1, 0.15) is 24.2 Å². The number of unbranched alkanes of at least 4 members (excludes halogenated alkanes) is 9. The zero-order valence-electron chi connectivity index (χ0n) is 46.7. The molecule has 6 N–H and O–H groups in total. The van der Waals surface area contributed by atoms with Gasteiger partial charge in [0.25, 0.3) is 0 Å². The number of hydrogen-bond acceptors (Lipinski definition) is 12. The first-order chi connectivity index (χ1) is 36.5. The molecular formula is C58H90N8O8S2. The molecule has 6 amide bonds. The van der Waals surface area contributed by atoms with E-state index in [-0.39, 0.29) is 58.3 Å². The molecule has 6 rings (SSSR count). The van der Waals surface area contributed by atoms with Crippen molar-refractivity contribution in [3.63, 3.8) is 0 Å². The van der Waals surface area contributed by atoms with Gasteiger partial charge in [0.15, 0.2) is 0 Å². The average molecular weight is 1090 g/mol. The Kier molecular flexibility index (Phi) is 23.8. The van der Waals surface area contributed by atoms with E-state index in [9.17, 15) is 28.8 Å². The Morgan fingerprint density at radius 2 is 0.908 bits per heavy atom. The van der Waals surface area contributed by atoms with Crippen molar-refractivity contribution in [2.24, 2.45) is 10.8 Å². The molecule has 0 saturated carbocycles. The van der Waals surface area contributed by atoms with Crippen molar-refractivity contribution in [3.8, 4) is 0 Å². The van der Waals surface area contributed by atoms with Gasteiger partial charge in [0.05, 0.1) is 48.1 Å². The minimum Gasteiger partial charge on any atom is -0.379 e. The molecule has 0 radical (unpaired) electrons. The number of fused-ring (bicyclic) bond motifs is 2. The fourth-order valence-corrected chi connectivity index (χ4v) is 14.3. The smallest absolute Gasteiger partial charge is 0.246 e. The summed E-state index contributed by atoms with van der Waals surface area (Å²) in [6.07, 6.45) is 13.5. The van der Waals surface area contributed by atoms with E-state index in [1.54, 1.807) is 61.3 Å². The fourth-order valence-electron chi connectivity index (χ4n) is 11.1. The van der Waals surface area contributed by atoms with Crippen LogP contribution in [0.4, 0.5) is 0 Å². The summed E-state index contributed by atoms with van der Waals surface area (Å²) < 4.78 is 12.5. The Labute approximate surface area is 462 Å². The normalized spacial score (nSPS) is 24.5. The summed E-state index contributed by atoms with van der Waals surface area (Å²) in [5.74, 6) is 0.173. The van der Waals surface area contributed by atoms with E-state index in [4.69, 9.17) is 9.47 Å². The second-order valence-electron chi connectivity index (χ2n) is 22.7. The summed E-state index contributed by atoms with van der Waals surface area (Å²) >= 11 is 3.38. The molecule has 422 valence electrons. The van der Waals surface area contributed by atoms with Gasteiger partial charge in [-0.15, -0.1) is 23.5 Å². The number of carbonyl (C=O) groups excluding carboxylic acids is 6. The molecule has 18 heteroatoms. The first kappa shape index (κ1) is 61.0. The molecule has 16 nitrogen and oxygen atoms in total. The largest absolute Gasteiger partial charge is 0.379 e. The van der Waals surface area contributed by atoms with Gasteiger partial charge in [-0.05, 0) is 99.9 Å². The van der Waals surface area contributed by atoms with Crippen LogP contribution in [0.5, 0.6) is 0 Å². The Hall–Kier alpha value is -4.20. The highest BCUT2D eigenvalue weighted by Crippen LogP contribution is 2.48. The fraction of sp³-hybridized carbons (Fsp3) is 0.690. The lowest BCUT2D eigenvalue weighted by Crippen LogP contribution is -2.58. The molecule has 4 saturated heterocycles. The predicted molar refractivity (Wildman–Crippen MR) is 303 cm³/mol. The van der Waals surface area contributed by atoms with E-state index in [0.29, 0.717) is 63.6 Å². The molecule has 10 atom stereocenters. The third kappa shape index (κ3) is 16.7. The highest BCUT2D eigenvalue weighted by molar-refractivity contribution is 8.00. The van der Waals surface area contributed by atoms with Crippen LogP contribution in [0.25, 0.3) is 0 Å². The topological polar surface area (TPSA) is 200 Å². The number of ether oxygens (including phenoxy) is 2. The van der Waals surface area contributed by atoms with Gasteiger partial charge in [0.2, 0.25) is 35.4 Å². The molecule has 0 spiro atoms. The van der Waals surface area contributed by atoms with E-state index in [2.05, 4.69) is 59.6 Å². The van der Waals surface area contributed by atoms with Crippen molar-refractivity contribution >= 4 is 59.0 Å². The van der Waals surface area contributed by atoms with Gasteiger partial charge in [-0.25, -0.2) is 0 Å². The Balaban J connectivity index is 0.866. The molecule has 4 unspecified atom stereocenters. The SMILES string of the molecule is CNC(C)C(=O)N[C@H]1CCS[C@H]2CC(C)(C)[C@@H](C(=O)NC(COCCCCCCCCCCCCOCC(NC(=O)[C@H]3N4C(=O)[C@@H](NC(=O)C(C)NC)CCS[C@H]4CC3(C)C)c3ccccc3)c3ccccc3)N2C1=O. The maximum atomic E-state index is 14.3. The van der Waals surface area contributed by atoms with Crippen LogP contribution in [0.1, 0.15) is 155 Å². The van der Waals surface area contributed by atoms with Gasteiger partial charge >= 0.3 is 0 Å². The maximum Gasteiger partial charge on any atom is 0.246 e. The molecule has 4 aliphatic heterocycles. The molecular weight excluding hydrogens is 1000 g/mol. The number of amides is 6. The molecule has 4 fully saturated rings. The van der Waals surface area contributed by atoms with Gasteiger partial charge in [-0.1, -0.05) is 140 Å². The molecule has 2 aromatic carbocycles. The lowest BCUT2D eigenvalue weighted by atomic mass is 9.83. The van der Waals surface area contributed by atoms with Gasteiger partial charge in [0, 0.05) is 13.2 Å². The summed E-state index contributed by atoms with van der Waals surface area (Å²) in [5.41, 5.74) is 0.968. The molecule has 0 aromatic heterocycles. The van der Waals surface area contributed by atoms with Crippen LogP contribution in [-0.2, 0) is 38.2 Å². The second-order valence-corrected chi connectivity index (χ2v) is 25.3. The number of hydrogen-bond donors (Lipinski definition) is 6. The van der Waals surface area contributed by atoms with Crippen LogP contribution >= 0.6 is 23.5 Å². The van der Waals surface area contributed by atoms with Crippen molar-refractivity contribution < 1.29 is 38.2 Å². The first-order valence-corrected chi connectivity index (χ1v) is 30.3. The number of thioether (sulfide) groups is 2. The summed E-state index contributed by atoms with van der Waals surface area (Å²) in [4.78, 5) is 86.0. The minimum absolute atomic E-state index is 0.138. The van der Waals surface area contributed by atoms with Crippen LogP contribution in [0.15, 0.2) is 60.7 Å². The third-order valence-corrected chi connectivity index (χ3v) is 18.3. The van der Waals surface area contributed by atoms with E-state index >= 15 is 0 Å². The van der Waals surface area contributed by atoms with Crippen LogP contribution in [0, 0.1) is 10.8 Å². The van der Waals surface area contributed by atoms with Crippen LogP contribution < -0.4 is 31.9 Å². The zero-order chi connectivity index (χ0) is 54.8. The Morgan fingerprint density at radius 3 is 1.25 bits per heavy atom. The number of carbonyl (C=O) groups is 6. The van der Waals surface area contributed by atoms with Gasteiger partial charge < -0.3 is 51.2 Å². The van der Waals surface area contributed by atoms with Crippen molar-refractivity contribution in [1.82, 2.24) is 41.7 Å². The van der Waals surface area contributed by atoms with Crippen molar-refractivity contribution in [2.45, 2.75) is 191 Å². The molecule has 2 aromatic rings. The summed E-state index contributed by atoms with van der Waals surface area (Å²) in [6.45, 7) is 13.6. The predicted octanol–water partition coefficient (Wildman–Crippen LogP) is 7.00. The lowest BCUT2D eigenvalue weighted by molar-refractivity contribution is -0.144. The van der Waals surface area contributed by atoms with Gasteiger partial charge in [-0.3, -0.25) is 28.8 Å². The van der Waals surface area contributed by atoms with Gasteiger partial charge in [-0.2, -0.15) is 0 Å². The van der Waals surface area contributed by atoms with Crippen LogP contribution in [-0.4, -0.2) is 144 Å². The summed E-state index contributed by atoms with van der Waals surface area (Å²) in [6, 6.07) is 15.4.